The van der Waals surface area contributed by atoms with Crippen LogP contribution in [-0.4, -0.2) is 34.2 Å². The van der Waals surface area contributed by atoms with Crippen LogP contribution in [-0.2, 0) is 14.3 Å². The fraction of sp³-hybridized carbons (Fsp3) is 0.438. The van der Waals surface area contributed by atoms with Gasteiger partial charge in [0.25, 0.3) is 0 Å². The number of carboxylic acid groups (broad SMARTS) is 1. The zero-order valence-electron chi connectivity index (χ0n) is 12.9. The molecule has 0 unspecified atom stereocenters. The molecule has 2 aromatic rings. The van der Waals surface area contributed by atoms with E-state index in [1.165, 1.54) is 16.2 Å². The first-order valence-corrected chi connectivity index (χ1v) is 9.44. The number of aromatic nitrogens is 1. The van der Waals surface area contributed by atoms with Gasteiger partial charge in [-0.05, 0) is 31.9 Å². The van der Waals surface area contributed by atoms with Crippen LogP contribution >= 0.6 is 22.7 Å². The van der Waals surface area contributed by atoms with E-state index in [1.807, 2.05) is 24.4 Å². The van der Waals surface area contributed by atoms with Gasteiger partial charge in [0.1, 0.15) is 0 Å². The SMILES string of the molecule is Cc1ccc(-c2csc(NC(=O)[C@H]3[C@@H](C(=O)O)[C@H]4CC[C@H]3O4)n2)s1. The molecule has 0 radical (unpaired) electrons. The number of carbonyl (C=O) groups excluding carboxylic acids is 1. The van der Waals surface area contributed by atoms with Crippen molar-refractivity contribution >= 4 is 39.7 Å². The van der Waals surface area contributed by atoms with Crippen LogP contribution in [0.3, 0.4) is 0 Å². The maximum atomic E-state index is 12.6. The van der Waals surface area contributed by atoms with Gasteiger partial charge in [-0.3, -0.25) is 9.59 Å². The number of ether oxygens (including phenoxy) is 1. The van der Waals surface area contributed by atoms with Crippen LogP contribution in [0.25, 0.3) is 10.6 Å². The number of hydrogen-bond acceptors (Lipinski definition) is 6. The van der Waals surface area contributed by atoms with Crippen LogP contribution in [0, 0.1) is 18.8 Å². The smallest absolute Gasteiger partial charge is 0.310 e. The molecule has 8 heteroatoms. The molecule has 0 saturated carbocycles. The molecule has 0 aromatic carbocycles. The molecule has 4 atom stereocenters. The molecule has 1 amide bonds. The Kier molecular flexibility index (Phi) is 3.90. The molecule has 2 aliphatic heterocycles. The first-order valence-electron chi connectivity index (χ1n) is 7.74. The molecule has 6 nitrogen and oxygen atoms in total. The lowest BCUT2D eigenvalue weighted by molar-refractivity contribution is -0.147. The average Bonchev–Trinajstić information content (AvgIpc) is 3.29. The second-order valence-electron chi connectivity index (χ2n) is 6.12. The Morgan fingerprint density at radius 1 is 1.29 bits per heavy atom. The first-order chi connectivity index (χ1) is 11.5. The number of thiazole rings is 1. The number of carbonyl (C=O) groups is 2. The third kappa shape index (κ3) is 2.64. The van der Waals surface area contributed by atoms with Crippen LogP contribution < -0.4 is 5.32 Å². The topological polar surface area (TPSA) is 88.5 Å². The quantitative estimate of drug-likeness (QED) is 0.871. The Labute approximate surface area is 146 Å². The van der Waals surface area contributed by atoms with E-state index in [0.717, 1.165) is 17.0 Å². The lowest BCUT2D eigenvalue weighted by Gasteiger charge is -2.23. The number of rotatable bonds is 4. The van der Waals surface area contributed by atoms with Gasteiger partial charge in [-0.15, -0.1) is 22.7 Å². The lowest BCUT2D eigenvalue weighted by Crippen LogP contribution is -2.40. The molecule has 2 N–H and O–H groups in total. The highest BCUT2D eigenvalue weighted by Gasteiger charge is 2.55. The number of carboxylic acids is 1. The predicted octanol–water partition coefficient (Wildman–Crippen LogP) is 3.00. The Balaban J connectivity index is 1.50. The molecule has 4 rings (SSSR count). The predicted molar refractivity (Wildman–Crippen MR) is 91.3 cm³/mol. The largest absolute Gasteiger partial charge is 0.481 e. The minimum atomic E-state index is -0.962. The summed E-state index contributed by atoms with van der Waals surface area (Å²) in [5.74, 6) is -2.67. The molecule has 4 heterocycles. The monoisotopic (exact) mass is 364 g/mol. The molecule has 0 spiro atoms. The van der Waals surface area contributed by atoms with Gasteiger partial charge < -0.3 is 15.2 Å². The summed E-state index contributed by atoms with van der Waals surface area (Å²) in [5, 5.41) is 14.6. The third-order valence-corrected chi connectivity index (χ3v) is 6.37. The fourth-order valence-corrected chi connectivity index (χ4v) is 5.15. The summed E-state index contributed by atoms with van der Waals surface area (Å²) in [6.45, 7) is 2.03. The lowest BCUT2D eigenvalue weighted by atomic mass is 9.79. The van der Waals surface area contributed by atoms with Crippen LogP contribution in [0.2, 0.25) is 0 Å². The normalized spacial score (nSPS) is 28.2. The highest BCUT2D eigenvalue weighted by atomic mass is 32.1. The van der Waals surface area contributed by atoms with E-state index < -0.39 is 17.8 Å². The fourth-order valence-electron chi connectivity index (χ4n) is 3.53. The van der Waals surface area contributed by atoms with Gasteiger partial charge in [0, 0.05) is 10.3 Å². The number of hydrogen-bond donors (Lipinski definition) is 2. The Morgan fingerprint density at radius 2 is 2.04 bits per heavy atom. The van der Waals surface area contributed by atoms with Crippen molar-refractivity contribution in [1.82, 2.24) is 4.98 Å². The summed E-state index contributed by atoms with van der Waals surface area (Å²) in [4.78, 5) is 30.8. The summed E-state index contributed by atoms with van der Waals surface area (Å²) >= 11 is 2.99. The van der Waals surface area contributed by atoms with E-state index in [-0.39, 0.29) is 18.1 Å². The van der Waals surface area contributed by atoms with Crippen molar-refractivity contribution in [3.05, 3.63) is 22.4 Å². The second-order valence-corrected chi connectivity index (χ2v) is 8.26. The Hall–Kier alpha value is -1.77. The van der Waals surface area contributed by atoms with Crippen LogP contribution in [0.5, 0.6) is 0 Å². The zero-order valence-corrected chi connectivity index (χ0v) is 14.5. The van der Waals surface area contributed by atoms with Gasteiger partial charge in [0.05, 0.1) is 34.6 Å². The molecule has 2 fully saturated rings. The molecule has 2 saturated heterocycles. The minimum absolute atomic E-state index is 0.296. The van der Waals surface area contributed by atoms with E-state index in [4.69, 9.17) is 4.74 Å². The van der Waals surface area contributed by atoms with Gasteiger partial charge >= 0.3 is 5.97 Å². The van der Waals surface area contributed by atoms with Crippen molar-refractivity contribution in [2.45, 2.75) is 32.0 Å². The van der Waals surface area contributed by atoms with Crippen molar-refractivity contribution in [3.63, 3.8) is 0 Å². The molecular weight excluding hydrogens is 348 g/mol. The van der Waals surface area contributed by atoms with Crippen LogP contribution in [0.4, 0.5) is 5.13 Å². The van der Waals surface area contributed by atoms with Gasteiger partial charge in [0.15, 0.2) is 5.13 Å². The van der Waals surface area contributed by atoms with Crippen LogP contribution in [0.1, 0.15) is 17.7 Å². The van der Waals surface area contributed by atoms with Crippen molar-refractivity contribution in [2.24, 2.45) is 11.8 Å². The highest BCUT2D eigenvalue weighted by molar-refractivity contribution is 7.17. The summed E-state index contributed by atoms with van der Waals surface area (Å²) in [6.07, 6.45) is 0.814. The van der Waals surface area contributed by atoms with Crippen molar-refractivity contribution in [1.29, 1.82) is 0 Å². The highest BCUT2D eigenvalue weighted by Crippen LogP contribution is 2.44. The molecular formula is C16H16N2O4S2. The second kappa shape index (κ2) is 5.94. The maximum Gasteiger partial charge on any atom is 0.310 e. The number of thiophene rings is 1. The van der Waals surface area contributed by atoms with Gasteiger partial charge in [-0.2, -0.15) is 0 Å². The number of amides is 1. The molecule has 2 bridgehead atoms. The number of aliphatic carboxylic acids is 1. The number of aryl methyl sites for hydroxylation is 1. The molecule has 24 heavy (non-hydrogen) atoms. The molecule has 2 aromatic heterocycles. The van der Waals surface area contributed by atoms with Crippen molar-refractivity contribution in [3.8, 4) is 10.6 Å². The zero-order chi connectivity index (χ0) is 16.8. The number of anilines is 1. The molecule has 126 valence electrons. The number of nitrogens with zero attached hydrogens (tertiary/aromatic N) is 1. The van der Waals surface area contributed by atoms with Crippen molar-refractivity contribution < 1.29 is 19.4 Å². The minimum Gasteiger partial charge on any atom is -0.481 e. The standard InChI is InChI=1S/C16H16N2O4S2/c1-7-2-5-11(24-7)8-6-23-16(17-8)18-14(19)12-9-3-4-10(22-9)13(12)15(20)21/h2,5-6,9-10,12-13H,3-4H2,1H3,(H,20,21)(H,17,18,19)/t9-,10-,12-,13+/m1/s1. The van der Waals surface area contributed by atoms with Gasteiger partial charge in [-0.1, -0.05) is 0 Å². The third-order valence-electron chi connectivity index (χ3n) is 4.59. The van der Waals surface area contributed by atoms with E-state index >= 15 is 0 Å². The Bertz CT molecular complexity index is 800. The summed E-state index contributed by atoms with van der Waals surface area (Å²) in [6, 6.07) is 4.03. The number of fused-ring (bicyclic) bond motifs is 2. The van der Waals surface area contributed by atoms with Gasteiger partial charge in [-0.25, -0.2) is 4.98 Å². The van der Waals surface area contributed by atoms with E-state index in [9.17, 15) is 14.7 Å². The maximum absolute atomic E-state index is 12.6. The van der Waals surface area contributed by atoms with Crippen LogP contribution in [0.15, 0.2) is 17.5 Å². The number of nitrogens with one attached hydrogen (secondary N) is 1. The summed E-state index contributed by atoms with van der Waals surface area (Å²) < 4.78 is 5.64. The molecule has 0 aliphatic carbocycles. The van der Waals surface area contributed by atoms with Gasteiger partial charge in [0.2, 0.25) is 5.91 Å². The van der Waals surface area contributed by atoms with E-state index in [1.54, 1.807) is 11.3 Å². The summed E-state index contributed by atoms with van der Waals surface area (Å²) in [5.41, 5.74) is 0.826. The van der Waals surface area contributed by atoms with E-state index in [2.05, 4.69) is 10.3 Å². The average molecular weight is 364 g/mol. The van der Waals surface area contributed by atoms with Crippen molar-refractivity contribution in [2.75, 3.05) is 5.32 Å². The van der Waals surface area contributed by atoms with E-state index in [0.29, 0.717) is 11.6 Å². The Morgan fingerprint density at radius 3 is 2.71 bits per heavy atom. The first kappa shape index (κ1) is 15.7. The summed E-state index contributed by atoms with van der Waals surface area (Å²) in [7, 11) is 0. The molecule has 2 aliphatic rings.